The highest BCUT2D eigenvalue weighted by Gasteiger charge is 2.33. The molecule has 0 bridgehead atoms. The van der Waals surface area contributed by atoms with Gasteiger partial charge in [-0.3, -0.25) is 14.2 Å². The molecule has 1 fully saturated rings. The molecule has 5 rings (SSSR count). The smallest absolute Gasteiger partial charge is 0.332 e. The summed E-state index contributed by atoms with van der Waals surface area (Å²) < 4.78 is 22.0. The number of amides is 1. The van der Waals surface area contributed by atoms with Crippen molar-refractivity contribution >= 4 is 27.5 Å². The molecule has 1 saturated heterocycles. The molecule has 0 spiro atoms. The molecule has 1 unspecified atom stereocenters. The average molecular weight is 527 g/mol. The van der Waals surface area contributed by atoms with Gasteiger partial charge in [0.2, 0.25) is 5.91 Å². The van der Waals surface area contributed by atoms with Crippen LogP contribution in [0.15, 0.2) is 40.2 Å². The number of aryl methyl sites for hydroxylation is 3. The number of methoxy groups -OCH3 is 1. The van der Waals surface area contributed by atoms with E-state index in [1.54, 1.807) is 17.9 Å². The van der Waals surface area contributed by atoms with Crippen molar-refractivity contribution in [1.82, 2.24) is 29.0 Å². The number of piperidine rings is 1. The van der Waals surface area contributed by atoms with Crippen LogP contribution in [0.2, 0.25) is 0 Å². The summed E-state index contributed by atoms with van der Waals surface area (Å²) in [6.45, 7) is 4.92. The standard InChI is InChI=1S/C25H27FN6O4S/c1-4-29-12-5-6-18(21(29)33)31-22(34)20-15(2)23(32-27-10-11-28-32)37-24(20)30(25(31)35)13-9-16-14-17(26)7-8-19(16)36-3/h7-8,10-11,14,18H,4-6,9,12-13H2,1-3H3. The molecule has 37 heavy (non-hydrogen) atoms. The van der Waals surface area contributed by atoms with Gasteiger partial charge in [0, 0.05) is 25.2 Å². The van der Waals surface area contributed by atoms with E-state index >= 15 is 0 Å². The lowest BCUT2D eigenvalue weighted by Gasteiger charge is -2.32. The maximum absolute atomic E-state index is 14.0. The van der Waals surface area contributed by atoms with Gasteiger partial charge < -0.3 is 9.64 Å². The summed E-state index contributed by atoms with van der Waals surface area (Å²) in [6.07, 6.45) is 4.45. The number of carbonyl (C=O) groups is 1. The number of aromatic nitrogens is 5. The summed E-state index contributed by atoms with van der Waals surface area (Å²) >= 11 is 1.23. The molecule has 4 aromatic rings. The van der Waals surface area contributed by atoms with Crippen LogP contribution in [-0.4, -0.2) is 55.1 Å². The normalized spacial score (nSPS) is 16.1. The van der Waals surface area contributed by atoms with E-state index in [-0.39, 0.29) is 18.9 Å². The second-order valence-electron chi connectivity index (χ2n) is 8.92. The van der Waals surface area contributed by atoms with Gasteiger partial charge in [0.05, 0.1) is 24.9 Å². The lowest BCUT2D eigenvalue weighted by molar-refractivity contribution is -0.137. The highest BCUT2D eigenvalue weighted by Crippen LogP contribution is 2.31. The topological polar surface area (TPSA) is 104 Å². The molecule has 1 amide bonds. The SMILES string of the molecule is CCN1CCCC(n2c(=O)c3c(C)c(-n4nccn4)sc3n(CCc3cc(F)ccc3OC)c2=O)C1=O. The third-order valence-electron chi connectivity index (χ3n) is 6.86. The molecule has 0 aliphatic carbocycles. The number of halogens is 1. The van der Waals surface area contributed by atoms with Crippen LogP contribution in [0, 0.1) is 12.7 Å². The summed E-state index contributed by atoms with van der Waals surface area (Å²) in [5.41, 5.74) is 0.157. The molecule has 3 aromatic heterocycles. The third kappa shape index (κ3) is 4.24. The maximum Gasteiger partial charge on any atom is 0.332 e. The van der Waals surface area contributed by atoms with Crippen LogP contribution in [0.4, 0.5) is 4.39 Å². The minimum atomic E-state index is -0.876. The number of likely N-dealkylation sites (tertiary alicyclic amines) is 1. The number of hydrogen-bond acceptors (Lipinski definition) is 7. The van der Waals surface area contributed by atoms with Gasteiger partial charge in [0.15, 0.2) is 0 Å². The van der Waals surface area contributed by atoms with Crippen molar-refractivity contribution in [3.05, 3.63) is 68.4 Å². The van der Waals surface area contributed by atoms with E-state index in [2.05, 4.69) is 10.2 Å². The van der Waals surface area contributed by atoms with Gasteiger partial charge in [-0.2, -0.15) is 10.2 Å². The molecular formula is C25H27FN6O4S. The van der Waals surface area contributed by atoms with Crippen LogP contribution in [-0.2, 0) is 17.8 Å². The van der Waals surface area contributed by atoms with E-state index in [9.17, 15) is 18.8 Å². The predicted octanol–water partition coefficient (Wildman–Crippen LogP) is 2.69. The van der Waals surface area contributed by atoms with Crippen molar-refractivity contribution in [2.75, 3.05) is 20.2 Å². The Balaban J connectivity index is 1.71. The second-order valence-corrected chi connectivity index (χ2v) is 9.90. The molecule has 12 heteroatoms. The van der Waals surface area contributed by atoms with Gasteiger partial charge in [-0.05, 0) is 56.9 Å². The van der Waals surface area contributed by atoms with E-state index in [0.29, 0.717) is 58.0 Å². The van der Waals surface area contributed by atoms with Crippen molar-refractivity contribution < 1.29 is 13.9 Å². The average Bonchev–Trinajstić information content (AvgIpc) is 3.53. The Morgan fingerprint density at radius 3 is 2.65 bits per heavy atom. The lowest BCUT2D eigenvalue weighted by Crippen LogP contribution is -2.50. The van der Waals surface area contributed by atoms with Crippen molar-refractivity contribution in [2.24, 2.45) is 0 Å². The number of hydrogen-bond donors (Lipinski definition) is 0. The fraction of sp³-hybridized carbons (Fsp3) is 0.400. The third-order valence-corrected chi connectivity index (χ3v) is 8.14. The monoisotopic (exact) mass is 526 g/mol. The molecule has 1 aromatic carbocycles. The van der Waals surface area contributed by atoms with Gasteiger partial charge in [0.1, 0.15) is 27.4 Å². The number of nitrogens with zero attached hydrogens (tertiary/aromatic N) is 6. The lowest BCUT2D eigenvalue weighted by atomic mass is 10.0. The first-order chi connectivity index (χ1) is 17.8. The first-order valence-electron chi connectivity index (χ1n) is 12.1. The zero-order valence-electron chi connectivity index (χ0n) is 20.8. The number of benzene rings is 1. The predicted molar refractivity (Wildman–Crippen MR) is 137 cm³/mol. The molecule has 10 nitrogen and oxygen atoms in total. The zero-order valence-corrected chi connectivity index (χ0v) is 21.6. The Kier molecular flexibility index (Phi) is 6.67. The number of ether oxygens (including phenoxy) is 1. The molecule has 194 valence electrons. The van der Waals surface area contributed by atoms with Crippen LogP contribution >= 0.6 is 11.3 Å². The molecule has 4 heterocycles. The zero-order chi connectivity index (χ0) is 26.3. The molecular weight excluding hydrogens is 499 g/mol. The summed E-state index contributed by atoms with van der Waals surface area (Å²) in [4.78, 5) is 44.5. The molecule has 0 N–H and O–H groups in total. The van der Waals surface area contributed by atoms with Crippen molar-refractivity contribution in [3.8, 4) is 10.8 Å². The largest absolute Gasteiger partial charge is 0.496 e. The van der Waals surface area contributed by atoms with Crippen LogP contribution in [0.5, 0.6) is 5.75 Å². The van der Waals surface area contributed by atoms with E-state index in [1.807, 2.05) is 6.92 Å². The van der Waals surface area contributed by atoms with E-state index in [0.717, 1.165) is 4.57 Å². The van der Waals surface area contributed by atoms with Gasteiger partial charge in [-0.15, -0.1) is 4.80 Å². The fourth-order valence-electron chi connectivity index (χ4n) is 4.98. The quantitative estimate of drug-likeness (QED) is 0.367. The van der Waals surface area contributed by atoms with Crippen LogP contribution in [0.1, 0.15) is 36.9 Å². The first-order valence-corrected chi connectivity index (χ1v) is 12.9. The number of thiophene rings is 1. The number of likely N-dealkylation sites (N-methyl/N-ethyl adjacent to an activating group) is 1. The summed E-state index contributed by atoms with van der Waals surface area (Å²) in [6, 6.07) is 3.35. The van der Waals surface area contributed by atoms with Crippen molar-refractivity contribution in [2.45, 2.75) is 45.7 Å². The number of carbonyl (C=O) groups excluding carboxylic acids is 1. The van der Waals surface area contributed by atoms with Gasteiger partial charge >= 0.3 is 5.69 Å². The fourth-order valence-corrected chi connectivity index (χ4v) is 6.22. The highest BCUT2D eigenvalue weighted by atomic mass is 32.1. The van der Waals surface area contributed by atoms with Crippen molar-refractivity contribution in [1.29, 1.82) is 0 Å². The van der Waals surface area contributed by atoms with Crippen LogP contribution < -0.4 is 16.0 Å². The van der Waals surface area contributed by atoms with E-state index in [1.165, 1.54) is 52.3 Å². The Labute approximate surface area is 215 Å². The minimum absolute atomic E-state index is 0.153. The molecule has 1 aliphatic rings. The number of rotatable bonds is 7. The van der Waals surface area contributed by atoms with Gasteiger partial charge in [-0.25, -0.2) is 13.8 Å². The highest BCUT2D eigenvalue weighted by molar-refractivity contribution is 7.21. The van der Waals surface area contributed by atoms with E-state index < -0.39 is 23.1 Å². The minimum Gasteiger partial charge on any atom is -0.496 e. The summed E-state index contributed by atoms with van der Waals surface area (Å²) in [7, 11) is 1.50. The first kappa shape index (κ1) is 24.9. The van der Waals surface area contributed by atoms with Gasteiger partial charge in [-0.1, -0.05) is 11.3 Å². The number of fused-ring (bicyclic) bond motifs is 1. The van der Waals surface area contributed by atoms with Crippen molar-refractivity contribution in [3.63, 3.8) is 0 Å². The maximum atomic E-state index is 14.0. The Morgan fingerprint density at radius 1 is 1.19 bits per heavy atom. The Morgan fingerprint density at radius 2 is 1.95 bits per heavy atom. The Hall–Kier alpha value is -3.80. The van der Waals surface area contributed by atoms with E-state index in [4.69, 9.17) is 4.74 Å². The molecule has 0 radical (unpaired) electrons. The molecule has 0 saturated carbocycles. The summed E-state index contributed by atoms with van der Waals surface area (Å²) in [5, 5.41) is 9.35. The molecule has 1 atom stereocenters. The van der Waals surface area contributed by atoms with Gasteiger partial charge in [0.25, 0.3) is 5.56 Å². The van der Waals surface area contributed by atoms with Crippen LogP contribution in [0.3, 0.4) is 0 Å². The Bertz CT molecular complexity index is 1590. The molecule has 1 aliphatic heterocycles. The van der Waals surface area contributed by atoms with Crippen LogP contribution in [0.25, 0.3) is 15.2 Å². The second kappa shape index (κ2) is 9.92. The summed E-state index contributed by atoms with van der Waals surface area (Å²) in [5.74, 6) is -0.138.